The second-order valence-corrected chi connectivity index (χ2v) is 3.73. The molecule has 5 heteroatoms. The van der Waals surface area contributed by atoms with Crippen molar-refractivity contribution in [2.24, 2.45) is 0 Å². The topological polar surface area (TPSA) is 43.6 Å². The Kier molecular flexibility index (Phi) is 3.67. The van der Waals surface area contributed by atoms with Crippen LogP contribution in [0.4, 0.5) is 0 Å². The highest BCUT2D eigenvalue weighted by Crippen LogP contribution is 2.11. The van der Waals surface area contributed by atoms with E-state index in [0.717, 1.165) is 5.69 Å². The molecular formula is C12H11ClN4. The molecule has 86 valence electrons. The van der Waals surface area contributed by atoms with E-state index in [4.69, 9.17) is 11.6 Å². The van der Waals surface area contributed by atoms with Gasteiger partial charge in [0.25, 0.3) is 0 Å². The van der Waals surface area contributed by atoms with Crippen molar-refractivity contribution < 1.29 is 0 Å². The molecule has 0 spiro atoms. The minimum atomic E-state index is 0.568. The Morgan fingerprint density at radius 2 is 1.94 bits per heavy atom. The summed E-state index contributed by atoms with van der Waals surface area (Å²) in [5, 5.41) is 12.8. The molecule has 0 unspecified atom stereocenters. The van der Waals surface area contributed by atoms with E-state index >= 15 is 0 Å². The standard InChI is InChI=1S/C12H11ClN4/c1-2-3-4-5-12-14-16-17(15-12)11-8-6-10(13)7-9-11/h2-9H,1H3/b3-2-,5-4-. The van der Waals surface area contributed by atoms with Gasteiger partial charge >= 0.3 is 0 Å². The Hall–Kier alpha value is -1.94. The number of aromatic nitrogens is 4. The normalized spacial score (nSPS) is 11.6. The first-order chi connectivity index (χ1) is 8.29. The highest BCUT2D eigenvalue weighted by Gasteiger charge is 2.01. The third-order valence-corrected chi connectivity index (χ3v) is 2.29. The number of hydrogen-bond acceptors (Lipinski definition) is 3. The summed E-state index contributed by atoms with van der Waals surface area (Å²) in [5.74, 6) is 0.568. The Morgan fingerprint density at radius 1 is 1.18 bits per heavy atom. The summed E-state index contributed by atoms with van der Waals surface area (Å²) in [7, 11) is 0. The highest BCUT2D eigenvalue weighted by atomic mass is 35.5. The lowest BCUT2D eigenvalue weighted by Crippen LogP contribution is -1.98. The maximum atomic E-state index is 5.80. The monoisotopic (exact) mass is 246 g/mol. The van der Waals surface area contributed by atoms with E-state index in [1.54, 1.807) is 18.2 Å². The average Bonchev–Trinajstić information content (AvgIpc) is 2.79. The molecule has 1 aromatic carbocycles. The van der Waals surface area contributed by atoms with E-state index in [1.165, 1.54) is 4.80 Å². The maximum absolute atomic E-state index is 5.80. The summed E-state index contributed by atoms with van der Waals surface area (Å²) in [4.78, 5) is 1.46. The van der Waals surface area contributed by atoms with Gasteiger partial charge in [-0.1, -0.05) is 29.8 Å². The number of halogens is 1. The summed E-state index contributed by atoms with van der Waals surface area (Å²) in [6.07, 6.45) is 7.49. The van der Waals surface area contributed by atoms with Crippen LogP contribution in [0.3, 0.4) is 0 Å². The van der Waals surface area contributed by atoms with Gasteiger partial charge in [-0.15, -0.1) is 15.0 Å². The van der Waals surface area contributed by atoms with Gasteiger partial charge in [-0.3, -0.25) is 0 Å². The van der Waals surface area contributed by atoms with Crippen LogP contribution in [0.15, 0.2) is 42.5 Å². The lowest BCUT2D eigenvalue weighted by Gasteiger charge is -1.96. The van der Waals surface area contributed by atoms with Gasteiger partial charge in [0.15, 0.2) is 5.82 Å². The second kappa shape index (κ2) is 5.41. The largest absolute Gasteiger partial charge is 0.198 e. The molecule has 0 amide bonds. The second-order valence-electron chi connectivity index (χ2n) is 3.30. The van der Waals surface area contributed by atoms with E-state index < -0.39 is 0 Å². The smallest absolute Gasteiger partial charge is 0.131 e. The molecule has 0 bridgehead atoms. The molecule has 0 saturated heterocycles. The van der Waals surface area contributed by atoms with E-state index in [-0.39, 0.29) is 0 Å². The van der Waals surface area contributed by atoms with Crippen molar-refractivity contribution in [1.82, 2.24) is 20.2 Å². The lowest BCUT2D eigenvalue weighted by molar-refractivity contribution is 0.719. The number of tetrazole rings is 1. The Morgan fingerprint density at radius 3 is 2.65 bits per heavy atom. The zero-order valence-corrected chi connectivity index (χ0v) is 10.0. The highest BCUT2D eigenvalue weighted by molar-refractivity contribution is 6.30. The Balaban J connectivity index is 2.20. The summed E-state index contributed by atoms with van der Waals surface area (Å²) in [6, 6.07) is 7.25. The average molecular weight is 247 g/mol. The fourth-order valence-corrected chi connectivity index (χ4v) is 1.35. The lowest BCUT2D eigenvalue weighted by atomic mass is 10.3. The zero-order chi connectivity index (χ0) is 12.1. The van der Waals surface area contributed by atoms with Gasteiger partial charge in [0.05, 0.1) is 5.69 Å². The molecule has 0 aliphatic rings. The van der Waals surface area contributed by atoms with Crippen molar-refractivity contribution in [3.8, 4) is 5.69 Å². The van der Waals surface area contributed by atoms with Gasteiger partial charge in [0.1, 0.15) is 0 Å². The fourth-order valence-electron chi connectivity index (χ4n) is 1.23. The van der Waals surface area contributed by atoms with Gasteiger partial charge in [-0.2, -0.15) is 0 Å². The molecule has 0 aliphatic heterocycles. The van der Waals surface area contributed by atoms with Crippen molar-refractivity contribution in [1.29, 1.82) is 0 Å². The minimum absolute atomic E-state index is 0.568. The van der Waals surface area contributed by atoms with Crippen LogP contribution in [0.5, 0.6) is 0 Å². The number of hydrogen-bond donors (Lipinski definition) is 0. The third kappa shape index (κ3) is 3.01. The first-order valence-electron chi connectivity index (χ1n) is 5.15. The molecule has 0 atom stereocenters. The fraction of sp³-hybridized carbons (Fsp3) is 0.0833. The molecular weight excluding hydrogens is 236 g/mol. The van der Waals surface area contributed by atoms with Crippen LogP contribution >= 0.6 is 11.6 Å². The molecule has 17 heavy (non-hydrogen) atoms. The van der Waals surface area contributed by atoms with Gasteiger partial charge in [-0.05, 0) is 42.5 Å². The maximum Gasteiger partial charge on any atom is 0.198 e. The number of rotatable bonds is 3. The Bertz CT molecular complexity index is 540. The molecule has 0 saturated carbocycles. The number of nitrogens with zero attached hydrogens (tertiary/aromatic N) is 4. The predicted octanol–water partition coefficient (Wildman–Crippen LogP) is 2.91. The van der Waals surface area contributed by atoms with Crippen LogP contribution < -0.4 is 0 Å². The molecule has 0 N–H and O–H groups in total. The van der Waals surface area contributed by atoms with Gasteiger partial charge in [-0.25, -0.2) is 0 Å². The van der Waals surface area contributed by atoms with Crippen molar-refractivity contribution in [3.63, 3.8) is 0 Å². The van der Waals surface area contributed by atoms with Crippen LogP contribution in [0, 0.1) is 0 Å². The quantitative estimate of drug-likeness (QED) is 0.782. The summed E-state index contributed by atoms with van der Waals surface area (Å²) in [6.45, 7) is 1.95. The number of benzene rings is 1. The summed E-state index contributed by atoms with van der Waals surface area (Å²) in [5.41, 5.74) is 0.826. The van der Waals surface area contributed by atoms with Crippen LogP contribution in [0.25, 0.3) is 11.8 Å². The van der Waals surface area contributed by atoms with E-state index in [1.807, 2.05) is 37.3 Å². The van der Waals surface area contributed by atoms with E-state index in [0.29, 0.717) is 10.8 Å². The van der Waals surface area contributed by atoms with Gasteiger partial charge in [0, 0.05) is 5.02 Å². The first-order valence-corrected chi connectivity index (χ1v) is 5.53. The zero-order valence-electron chi connectivity index (χ0n) is 9.29. The van der Waals surface area contributed by atoms with Gasteiger partial charge < -0.3 is 0 Å². The van der Waals surface area contributed by atoms with Crippen LogP contribution in [-0.4, -0.2) is 20.2 Å². The molecule has 4 nitrogen and oxygen atoms in total. The molecule has 0 aliphatic carbocycles. The van der Waals surface area contributed by atoms with E-state index in [9.17, 15) is 0 Å². The van der Waals surface area contributed by atoms with Crippen LogP contribution in [0.1, 0.15) is 12.7 Å². The third-order valence-electron chi connectivity index (χ3n) is 2.04. The molecule has 2 aromatic rings. The minimum Gasteiger partial charge on any atom is -0.131 e. The Labute approximate surface area is 104 Å². The predicted molar refractivity (Wildman–Crippen MR) is 68.0 cm³/mol. The van der Waals surface area contributed by atoms with Crippen molar-refractivity contribution in [2.75, 3.05) is 0 Å². The number of allylic oxidation sites excluding steroid dienone is 3. The molecule has 1 aromatic heterocycles. The molecule has 0 radical (unpaired) electrons. The molecule has 1 heterocycles. The van der Waals surface area contributed by atoms with Crippen molar-refractivity contribution in [3.05, 3.63) is 53.3 Å². The molecule has 2 rings (SSSR count). The summed E-state index contributed by atoms with van der Waals surface area (Å²) < 4.78 is 0. The van der Waals surface area contributed by atoms with Crippen LogP contribution in [-0.2, 0) is 0 Å². The first kappa shape index (κ1) is 11.5. The molecule has 0 fully saturated rings. The van der Waals surface area contributed by atoms with Crippen LogP contribution in [0.2, 0.25) is 5.02 Å². The van der Waals surface area contributed by atoms with Gasteiger partial charge in [0.2, 0.25) is 0 Å². The summed E-state index contributed by atoms with van der Waals surface area (Å²) >= 11 is 5.80. The van der Waals surface area contributed by atoms with Crippen molar-refractivity contribution in [2.45, 2.75) is 6.92 Å². The van der Waals surface area contributed by atoms with Crippen molar-refractivity contribution >= 4 is 17.7 Å². The SMILES string of the molecule is C/C=C\C=C/c1nnn(-c2ccc(Cl)cc2)n1. The van der Waals surface area contributed by atoms with E-state index in [2.05, 4.69) is 15.4 Å².